The number of ether oxygens (including phenoxy) is 1. The zero-order chi connectivity index (χ0) is 17.2. The third-order valence-corrected chi connectivity index (χ3v) is 4.87. The summed E-state index contributed by atoms with van der Waals surface area (Å²) in [6.45, 7) is 0.0992. The second kappa shape index (κ2) is 6.42. The van der Waals surface area contributed by atoms with E-state index in [9.17, 15) is 8.42 Å². The number of benzene rings is 1. The Balaban J connectivity index is 1.71. The molecule has 0 unspecified atom stereocenters. The highest BCUT2D eigenvalue weighted by Gasteiger charge is 2.21. The van der Waals surface area contributed by atoms with Gasteiger partial charge in [0.25, 0.3) is 10.0 Å². The second-order valence-corrected chi connectivity index (χ2v) is 7.13. The summed E-state index contributed by atoms with van der Waals surface area (Å²) in [5.74, 6) is 0.986. The first-order valence-corrected chi connectivity index (χ1v) is 8.38. The van der Waals surface area contributed by atoms with Gasteiger partial charge in [-0.15, -0.1) is 5.10 Å². The average Bonchev–Trinajstić information content (AvgIpc) is 3.25. The molecule has 0 atom stereocenters. The number of nitrogens with zero attached hydrogens (tertiary/aromatic N) is 5. The lowest BCUT2D eigenvalue weighted by molar-refractivity contribution is 0.256. The Labute approximate surface area is 138 Å². The molecule has 2 heterocycles. The van der Waals surface area contributed by atoms with Crippen LogP contribution < -0.4 is 4.74 Å². The molecule has 0 radical (unpaired) electrons. The number of furan rings is 1. The van der Waals surface area contributed by atoms with E-state index in [4.69, 9.17) is 9.15 Å². The van der Waals surface area contributed by atoms with Crippen molar-refractivity contribution in [1.82, 2.24) is 24.5 Å². The van der Waals surface area contributed by atoms with Crippen molar-refractivity contribution in [3.63, 3.8) is 0 Å². The van der Waals surface area contributed by atoms with Gasteiger partial charge in [0, 0.05) is 20.2 Å². The fourth-order valence-corrected chi connectivity index (χ4v) is 2.72. The lowest BCUT2D eigenvalue weighted by Gasteiger charge is -2.08. The van der Waals surface area contributed by atoms with Gasteiger partial charge in [0.2, 0.25) is 5.09 Å². The molecule has 2 aromatic heterocycles. The second-order valence-electron chi connectivity index (χ2n) is 5.05. The maximum Gasteiger partial charge on any atom is 0.275 e. The molecule has 3 aromatic rings. The number of hydrogen-bond donors (Lipinski definition) is 0. The average molecular weight is 349 g/mol. The molecule has 0 fully saturated rings. The van der Waals surface area contributed by atoms with Crippen LogP contribution in [0.1, 0.15) is 5.76 Å². The normalized spacial score (nSPS) is 11.8. The molecule has 1 aromatic carbocycles. The molecule has 0 bridgehead atoms. The largest absolute Gasteiger partial charge is 0.486 e. The van der Waals surface area contributed by atoms with Crippen molar-refractivity contribution in [3.8, 4) is 11.4 Å². The highest BCUT2D eigenvalue weighted by atomic mass is 32.2. The van der Waals surface area contributed by atoms with Crippen molar-refractivity contribution in [2.45, 2.75) is 11.7 Å². The number of rotatable bonds is 6. The molecule has 0 saturated carbocycles. The maximum atomic E-state index is 12.0. The van der Waals surface area contributed by atoms with Crippen molar-refractivity contribution < 1.29 is 17.6 Å². The molecule has 0 amide bonds. The van der Waals surface area contributed by atoms with Crippen LogP contribution >= 0.6 is 0 Å². The third-order valence-electron chi connectivity index (χ3n) is 3.18. The first-order valence-electron chi connectivity index (χ1n) is 6.94. The monoisotopic (exact) mass is 349 g/mol. The highest BCUT2D eigenvalue weighted by molar-refractivity contribution is 7.88. The van der Waals surface area contributed by atoms with E-state index in [1.54, 1.807) is 24.3 Å². The van der Waals surface area contributed by atoms with E-state index in [1.807, 2.05) is 6.07 Å². The van der Waals surface area contributed by atoms with Crippen molar-refractivity contribution in [3.05, 3.63) is 48.5 Å². The van der Waals surface area contributed by atoms with Crippen LogP contribution in [0.4, 0.5) is 0 Å². The summed E-state index contributed by atoms with van der Waals surface area (Å²) in [5, 5.41) is 10.8. The SMILES string of the molecule is CN(C)S(=O)(=O)c1ccc(COc2cccc(-n3cnnn3)c2)o1. The fourth-order valence-electron chi connectivity index (χ4n) is 1.90. The molecule has 0 aliphatic heterocycles. The molecule has 126 valence electrons. The molecule has 9 nitrogen and oxygen atoms in total. The van der Waals surface area contributed by atoms with E-state index < -0.39 is 10.0 Å². The first-order chi connectivity index (χ1) is 11.5. The molecule has 3 rings (SSSR count). The van der Waals surface area contributed by atoms with Gasteiger partial charge in [-0.1, -0.05) is 6.07 Å². The molecule has 10 heteroatoms. The zero-order valence-electron chi connectivity index (χ0n) is 13.0. The summed E-state index contributed by atoms with van der Waals surface area (Å²) in [7, 11) is -0.704. The van der Waals surface area contributed by atoms with Crippen LogP contribution in [0.5, 0.6) is 5.75 Å². The number of hydrogen-bond acceptors (Lipinski definition) is 7. The minimum atomic E-state index is -3.59. The van der Waals surface area contributed by atoms with Gasteiger partial charge < -0.3 is 9.15 Å². The van der Waals surface area contributed by atoms with Gasteiger partial charge in [-0.3, -0.25) is 0 Å². The zero-order valence-corrected chi connectivity index (χ0v) is 13.8. The van der Waals surface area contributed by atoms with E-state index >= 15 is 0 Å². The minimum Gasteiger partial charge on any atom is -0.486 e. The minimum absolute atomic E-state index is 0.0992. The molecular weight excluding hydrogens is 334 g/mol. The Morgan fingerprint density at radius 2 is 2.08 bits per heavy atom. The van der Waals surface area contributed by atoms with Gasteiger partial charge in [-0.2, -0.15) is 0 Å². The molecule has 0 N–H and O–H groups in total. The van der Waals surface area contributed by atoms with Crippen molar-refractivity contribution in [2.24, 2.45) is 0 Å². The number of sulfonamides is 1. The smallest absolute Gasteiger partial charge is 0.275 e. The van der Waals surface area contributed by atoms with Crippen LogP contribution in [0, 0.1) is 0 Å². The van der Waals surface area contributed by atoms with Crippen LogP contribution in [0.3, 0.4) is 0 Å². The van der Waals surface area contributed by atoms with Gasteiger partial charge in [-0.05, 0) is 34.7 Å². The first kappa shape index (κ1) is 16.1. The molecular formula is C14H15N5O4S. The summed E-state index contributed by atoms with van der Waals surface area (Å²) in [6.07, 6.45) is 1.48. The molecule has 24 heavy (non-hydrogen) atoms. The predicted molar refractivity (Wildman–Crippen MR) is 83.1 cm³/mol. The van der Waals surface area contributed by atoms with E-state index in [2.05, 4.69) is 15.5 Å². The van der Waals surface area contributed by atoms with E-state index in [0.717, 1.165) is 9.99 Å². The van der Waals surface area contributed by atoms with E-state index in [-0.39, 0.29) is 11.7 Å². The van der Waals surface area contributed by atoms with Gasteiger partial charge in [0.1, 0.15) is 24.4 Å². The lowest BCUT2D eigenvalue weighted by Crippen LogP contribution is -2.21. The van der Waals surface area contributed by atoms with Crippen LogP contribution in [0.25, 0.3) is 5.69 Å². The summed E-state index contributed by atoms with van der Waals surface area (Å²) in [5.41, 5.74) is 0.743. The van der Waals surface area contributed by atoms with Gasteiger partial charge in [-0.25, -0.2) is 17.4 Å². The predicted octanol–water partition coefficient (Wildman–Crippen LogP) is 1.08. The summed E-state index contributed by atoms with van der Waals surface area (Å²) in [6, 6.07) is 10.1. The molecule has 0 aliphatic carbocycles. The highest BCUT2D eigenvalue weighted by Crippen LogP contribution is 2.20. The lowest BCUT2D eigenvalue weighted by atomic mass is 10.3. The summed E-state index contributed by atoms with van der Waals surface area (Å²) < 4.78 is 37.5. The van der Waals surface area contributed by atoms with Crippen molar-refractivity contribution in [1.29, 1.82) is 0 Å². The molecule has 0 aliphatic rings. The van der Waals surface area contributed by atoms with E-state index in [1.165, 1.54) is 31.2 Å². The van der Waals surface area contributed by atoms with Crippen molar-refractivity contribution in [2.75, 3.05) is 14.1 Å². The Kier molecular flexibility index (Phi) is 4.32. The topological polar surface area (TPSA) is 103 Å². The fraction of sp³-hybridized carbons (Fsp3) is 0.214. The third kappa shape index (κ3) is 3.29. The maximum absolute atomic E-state index is 12.0. The van der Waals surface area contributed by atoms with Crippen LogP contribution in [-0.2, 0) is 16.6 Å². The van der Waals surface area contributed by atoms with Crippen LogP contribution in [0.2, 0.25) is 0 Å². The van der Waals surface area contributed by atoms with Crippen LogP contribution in [0.15, 0.2) is 52.2 Å². The number of aromatic nitrogens is 4. The Bertz CT molecular complexity index is 918. The van der Waals surface area contributed by atoms with Crippen LogP contribution in [-0.4, -0.2) is 47.0 Å². The standard InChI is InChI=1S/C14H15N5O4S/c1-18(2)24(20,21)14-7-6-13(23-14)9-22-12-5-3-4-11(8-12)19-10-15-16-17-19/h3-8,10H,9H2,1-2H3. The van der Waals surface area contributed by atoms with Crippen molar-refractivity contribution >= 4 is 10.0 Å². The molecule has 0 spiro atoms. The summed E-state index contributed by atoms with van der Waals surface area (Å²) >= 11 is 0. The van der Waals surface area contributed by atoms with Gasteiger partial charge in [0.05, 0.1) is 5.69 Å². The number of tetrazole rings is 1. The van der Waals surface area contributed by atoms with E-state index in [0.29, 0.717) is 11.5 Å². The molecule has 0 saturated heterocycles. The quantitative estimate of drug-likeness (QED) is 0.656. The Hall–Kier alpha value is -2.72. The summed E-state index contributed by atoms with van der Waals surface area (Å²) in [4.78, 5) is 0. The van der Waals surface area contributed by atoms with Gasteiger partial charge >= 0.3 is 0 Å². The Morgan fingerprint density at radius 1 is 1.25 bits per heavy atom. The van der Waals surface area contributed by atoms with Gasteiger partial charge in [0.15, 0.2) is 0 Å². The Morgan fingerprint density at radius 3 is 2.79 bits per heavy atom.